The van der Waals surface area contributed by atoms with Gasteiger partial charge in [0.15, 0.2) is 0 Å². The summed E-state index contributed by atoms with van der Waals surface area (Å²) in [5.74, 6) is 0.154. The number of amides is 1. The van der Waals surface area contributed by atoms with Crippen LogP contribution in [0.1, 0.15) is 23.0 Å². The van der Waals surface area contributed by atoms with Gasteiger partial charge in [0.2, 0.25) is 0 Å². The van der Waals surface area contributed by atoms with E-state index in [9.17, 15) is 9.90 Å². The van der Waals surface area contributed by atoms with Gasteiger partial charge in [0, 0.05) is 18.0 Å². The standard InChI is InChI=1S/C13H14N2O3/c1-13(17,11-3-2-8-18-11)9-15-12(16)10-4-6-14-7-5-10/h2-8,17H,9H2,1H3,(H,15,16). The lowest BCUT2D eigenvalue weighted by atomic mass is 10.0. The number of hydrogen-bond donors (Lipinski definition) is 2. The lowest BCUT2D eigenvalue weighted by Crippen LogP contribution is -2.38. The minimum atomic E-state index is -1.23. The lowest BCUT2D eigenvalue weighted by molar-refractivity contribution is 0.0330. The number of nitrogens with one attached hydrogen (secondary N) is 1. The molecule has 2 aromatic rings. The minimum Gasteiger partial charge on any atom is -0.466 e. The van der Waals surface area contributed by atoms with Gasteiger partial charge in [-0.2, -0.15) is 0 Å². The molecule has 5 nitrogen and oxygen atoms in total. The van der Waals surface area contributed by atoms with Crippen molar-refractivity contribution in [3.8, 4) is 0 Å². The molecule has 0 aliphatic rings. The first-order valence-corrected chi connectivity index (χ1v) is 5.54. The Labute approximate surface area is 104 Å². The maximum Gasteiger partial charge on any atom is 0.251 e. The maximum absolute atomic E-state index is 11.8. The Morgan fingerprint density at radius 1 is 1.44 bits per heavy atom. The fourth-order valence-corrected chi connectivity index (χ4v) is 1.53. The van der Waals surface area contributed by atoms with E-state index >= 15 is 0 Å². The van der Waals surface area contributed by atoms with Crippen molar-refractivity contribution in [2.45, 2.75) is 12.5 Å². The Hall–Kier alpha value is -2.14. The Bertz CT molecular complexity index is 506. The number of aromatic nitrogens is 1. The third-order valence-electron chi connectivity index (χ3n) is 2.59. The van der Waals surface area contributed by atoms with Gasteiger partial charge in [-0.1, -0.05) is 0 Å². The van der Waals surface area contributed by atoms with Gasteiger partial charge in [-0.15, -0.1) is 0 Å². The van der Waals surface area contributed by atoms with E-state index in [1.54, 1.807) is 43.6 Å². The zero-order chi connectivity index (χ0) is 13.0. The lowest BCUT2D eigenvalue weighted by Gasteiger charge is -2.21. The summed E-state index contributed by atoms with van der Waals surface area (Å²) in [5.41, 5.74) is -0.730. The summed E-state index contributed by atoms with van der Waals surface area (Å²) in [5, 5.41) is 12.8. The third-order valence-corrected chi connectivity index (χ3v) is 2.59. The zero-order valence-electron chi connectivity index (χ0n) is 9.96. The van der Waals surface area contributed by atoms with Crippen molar-refractivity contribution in [3.05, 3.63) is 54.2 Å². The number of pyridine rings is 1. The Balaban J connectivity index is 1.98. The molecule has 94 valence electrons. The highest BCUT2D eigenvalue weighted by atomic mass is 16.4. The summed E-state index contributed by atoms with van der Waals surface area (Å²) in [6, 6.07) is 6.57. The molecule has 1 atom stereocenters. The first-order chi connectivity index (χ1) is 8.59. The molecule has 2 aromatic heterocycles. The Kier molecular flexibility index (Phi) is 3.43. The molecule has 0 aliphatic heterocycles. The van der Waals surface area contributed by atoms with Gasteiger partial charge in [0.1, 0.15) is 11.4 Å². The SMILES string of the molecule is CC(O)(CNC(=O)c1ccncc1)c1ccco1. The molecule has 0 radical (unpaired) electrons. The number of carbonyl (C=O) groups excluding carboxylic acids is 1. The molecule has 1 unspecified atom stereocenters. The number of furan rings is 1. The highest BCUT2D eigenvalue weighted by Crippen LogP contribution is 2.19. The Morgan fingerprint density at radius 3 is 2.78 bits per heavy atom. The first-order valence-electron chi connectivity index (χ1n) is 5.54. The normalized spacial score (nSPS) is 13.9. The van der Waals surface area contributed by atoms with Crippen LogP contribution in [-0.4, -0.2) is 22.5 Å². The number of hydrogen-bond acceptors (Lipinski definition) is 4. The molecule has 0 fully saturated rings. The van der Waals surface area contributed by atoms with Crippen LogP contribution in [0, 0.1) is 0 Å². The van der Waals surface area contributed by atoms with E-state index in [0.717, 1.165) is 0 Å². The molecule has 1 amide bonds. The van der Waals surface area contributed by atoms with E-state index in [2.05, 4.69) is 10.3 Å². The second-order valence-electron chi connectivity index (χ2n) is 4.17. The van der Waals surface area contributed by atoms with Crippen LogP contribution in [0.3, 0.4) is 0 Å². The van der Waals surface area contributed by atoms with Gasteiger partial charge >= 0.3 is 0 Å². The van der Waals surface area contributed by atoms with E-state index in [0.29, 0.717) is 11.3 Å². The van der Waals surface area contributed by atoms with Gasteiger partial charge in [0.25, 0.3) is 5.91 Å². The molecule has 2 rings (SSSR count). The van der Waals surface area contributed by atoms with Gasteiger partial charge in [-0.05, 0) is 31.2 Å². The minimum absolute atomic E-state index is 0.0711. The fourth-order valence-electron chi connectivity index (χ4n) is 1.53. The quantitative estimate of drug-likeness (QED) is 0.853. The monoisotopic (exact) mass is 246 g/mol. The van der Waals surface area contributed by atoms with Gasteiger partial charge < -0.3 is 14.8 Å². The summed E-state index contributed by atoms with van der Waals surface area (Å²) in [6.45, 7) is 1.65. The predicted molar refractivity (Wildman–Crippen MR) is 64.8 cm³/mol. The van der Waals surface area contributed by atoms with Crippen LogP contribution in [0.15, 0.2) is 47.3 Å². The van der Waals surface area contributed by atoms with Crippen LogP contribution in [-0.2, 0) is 5.60 Å². The Morgan fingerprint density at radius 2 is 2.17 bits per heavy atom. The summed E-state index contributed by atoms with van der Waals surface area (Å²) in [7, 11) is 0. The summed E-state index contributed by atoms with van der Waals surface area (Å²) >= 11 is 0. The number of carbonyl (C=O) groups is 1. The largest absolute Gasteiger partial charge is 0.466 e. The molecule has 0 saturated heterocycles. The molecule has 0 aromatic carbocycles. The summed E-state index contributed by atoms with van der Waals surface area (Å²) in [4.78, 5) is 15.6. The number of aliphatic hydroxyl groups is 1. The van der Waals surface area contributed by atoms with Crippen LogP contribution >= 0.6 is 0 Å². The maximum atomic E-state index is 11.8. The first kappa shape index (κ1) is 12.3. The smallest absolute Gasteiger partial charge is 0.251 e. The molecule has 18 heavy (non-hydrogen) atoms. The molecule has 0 aliphatic carbocycles. The van der Waals surface area contributed by atoms with Crippen molar-refractivity contribution in [2.75, 3.05) is 6.54 Å². The molecule has 0 saturated carbocycles. The van der Waals surface area contributed by atoms with Crippen LogP contribution in [0.4, 0.5) is 0 Å². The van der Waals surface area contributed by atoms with Crippen LogP contribution in [0.25, 0.3) is 0 Å². The van der Waals surface area contributed by atoms with Crippen molar-refractivity contribution in [1.82, 2.24) is 10.3 Å². The molecular formula is C13H14N2O3. The molecular weight excluding hydrogens is 232 g/mol. The molecule has 2 N–H and O–H groups in total. The number of nitrogens with zero attached hydrogens (tertiary/aromatic N) is 1. The zero-order valence-corrected chi connectivity index (χ0v) is 9.96. The van der Waals surface area contributed by atoms with Gasteiger partial charge in [-0.3, -0.25) is 9.78 Å². The highest BCUT2D eigenvalue weighted by Gasteiger charge is 2.26. The molecule has 2 heterocycles. The van der Waals surface area contributed by atoms with Crippen molar-refractivity contribution < 1.29 is 14.3 Å². The van der Waals surface area contributed by atoms with E-state index in [1.807, 2.05) is 0 Å². The van der Waals surface area contributed by atoms with E-state index < -0.39 is 5.60 Å². The van der Waals surface area contributed by atoms with Gasteiger partial charge in [-0.25, -0.2) is 0 Å². The van der Waals surface area contributed by atoms with Crippen LogP contribution in [0.5, 0.6) is 0 Å². The average molecular weight is 246 g/mol. The van der Waals surface area contributed by atoms with Gasteiger partial charge in [0.05, 0.1) is 12.8 Å². The third kappa shape index (κ3) is 2.75. The fraction of sp³-hybridized carbons (Fsp3) is 0.231. The average Bonchev–Trinajstić information content (AvgIpc) is 2.92. The van der Waals surface area contributed by atoms with Crippen molar-refractivity contribution in [3.63, 3.8) is 0 Å². The number of rotatable bonds is 4. The topological polar surface area (TPSA) is 75.4 Å². The second-order valence-corrected chi connectivity index (χ2v) is 4.17. The predicted octanol–water partition coefficient (Wildman–Crippen LogP) is 1.31. The van der Waals surface area contributed by atoms with Crippen molar-refractivity contribution in [2.24, 2.45) is 0 Å². The molecule has 0 spiro atoms. The summed E-state index contributed by atoms with van der Waals surface area (Å²) < 4.78 is 5.12. The van der Waals surface area contributed by atoms with Crippen LogP contribution < -0.4 is 5.32 Å². The molecule has 5 heteroatoms. The van der Waals surface area contributed by atoms with E-state index in [-0.39, 0.29) is 12.5 Å². The van der Waals surface area contributed by atoms with Crippen molar-refractivity contribution in [1.29, 1.82) is 0 Å². The second kappa shape index (κ2) is 5.01. The molecule has 0 bridgehead atoms. The highest BCUT2D eigenvalue weighted by molar-refractivity contribution is 5.93. The van der Waals surface area contributed by atoms with E-state index in [4.69, 9.17) is 4.42 Å². The summed E-state index contributed by atoms with van der Waals surface area (Å²) in [6.07, 6.45) is 4.56. The van der Waals surface area contributed by atoms with E-state index in [1.165, 1.54) is 6.26 Å². The van der Waals surface area contributed by atoms with Crippen molar-refractivity contribution >= 4 is 5.91 Å². The van der Waals surface area contributed by atoms with Crippen LogP contribution in [0.2, 0.25) is 0 Å².